The number of phosphoric ester groups is 1. The zero-order chi connectivity index (χ0) is 41.9. The van der Waals surface area contributed by atoms with Crippen LogP contribution in [0.25, 0.3) is 0 Å². The van der Waals surface area contributed by atoms with Crippen molar-refractivity contribution in [2.45, 2.75) is 206 Å². The third-order valence-electron chi connectivity index (χ3n) is 9.62. The number of ether oxygens (including phenoxy) is 2. The Morgan fingerprint density at radius 3 is 1.53 bits per heavy atom. The Bertz CT molecular complexity index is 1090. The normalized spacial score (nSPS) is 14.3. The average molecular weight is 826 g/mol. The third kappa shape index (κ3) is 41.9. The van der Waals surface area contributed by atoms with Crippen molar-refractivity contribution in [1.82, 2.24) is 0 Å². The smallest absolute Gasteiger partial charge is 0.472 e. The standard InChI is InChI=1S/C46H84NO9P/c1-3-5-7-9-11-13-15-17-19-21-23-25-27-29-31-33-35-37-39-53-40-43(41-54-57(51,52)55-42-44(47)46(49)50)56-45(48)38-36-34-32-30-28-26-24-22-20-18-16-14-12-10-8-6-4-2/h5,7,11,13,17,19,23,25,43-44H,3-4,6,8-10,12,14-16,18,20-22,24,26-42,47H2,1-2H3,(H,49,50)(H,51,52)/b7-5-,13-11-,19-17-,25-23-. The van der Waals surface area contributed by atoms with E-state index in [1.165, 1.54) is 89.9 Å². The quantitative estimate of drug-likeness (QED) is 0.0234. The molecular formula is C46H84NO9P. The SMILES string of the molecule is CC/C=C\C/C=C\C/C=C\C/C=C\CCCCCCCOCC(COP(=O)(O)OCC(N)C(=O)O)OC(=O)CCCCCCCCCCCCCCCCCCC. The number of carbonyl (C=O) groups is 2. The minimum absolute atomic E-state index is 0.00522. The Balaban J connectivity index is 4.24. The Kier molecular flexibility index (Phi) is 40.5. The number of carbonyl (C=O) groups excluding carboxylic acids is 1. The van der Waals surface area contributed by atoms with Crippen LogP contribution in [-0.4, -0.2) is 60.5 Å². The molecule has 0 aromatic heterocycles. The lowest BCUT2D eigenvalue weighted by atomic mass is 10.0. The maximum atomic E-state index is 12.6. The van der Waals surface area contributed by atoms with Gasteiger partial charge in [-0.05, 0) is 51.4 Å². The number of hydrogen-bond donors (Lipinski definition) is 3. The molecule has 0 aromatic carbocycles. The van der Waals surface area contributed by atoms with Gasteiger partial charge in [0.2, 0.25) is 0 Å². The molecule has 11 heteroatoms. The summed E-state index contributed by atoms with van der Waals surface area (Å²) in [6.07, 6.45) is 48.7. The first-order valence-corrected chi connectivity index (χ1v) is 24.2. The summed E-state index contributed by atoms with van der Waals surface area (Å²) in [5.74, 6) is -1.78. The first-order chi connectivity index (χ1) is 27.7. The van der Waals surface area contributed by atoms with Crippen molar-refractivity contribution in [2.24, 2.45) is 5.73 Å². The van der Waals surface area contributed by atoms with Gasteiger partial charge in [0, 0.05) is 13.0 Å². The average Bonchev–Trinajstić information content (AvgIpc) is 3.19. The summed E-state index contributed by atoms with van der Waals surface area (Å²) in [5.41, 5.74) is 5.36. The Morgan fingerprint density at radius 1 is 0.579 bits per heavy atom. The van der Waals surface area contributed by atoms with Crippen molar-refractivity contribution < 1.29 is 42.7 Å². The van der Waals surface area contributed by atoms with Gasteiger partial charge in [0.05, 0.1) is 19.8 Å². The molecule has 3 unspecified atom stereocenters. The van der Waals surface area contributed by atoms with Gasteiger partial charge in [-0.15, -0.1) is 0 Å². The van der Waals surface area contributed by atoms with E-state index in [-0.39, 0.29) is 13.0 Å². The lowest BCUT2D eigenvalue weighted by molar-refractivity contribution is -0.154. The van der Waals surface area contributed by atoms with Gasteiger partial charge in [0.1, 0.15) is 12.1 Å². The predicted molar refractivity (Wildman–Crippen MR) is 235 cm³/mol. The van der Waals surface area contributed by atoms with Crippen LogP contribution in [0.15, 0.2) is 48.6 Å². The molecule has 10 nitrogen and oxygen atoms in total. The fourth-order valence-electron chi connectivity index (χ4n) is 6.12. The summed E-state index contributed by atoms with van der Waals surface area (Å²) in [7, 11) is -4.62. The molecular weight excluding hydrogens is 741 g/mol. The molecule has 332 valence electrons. The van der Waals surface area contributed by atoms with Crippen LogP contribution in [0.5, 0.6) is 0 Å². The minimum atomic E-state index is -4.62. The van der Waals surface area contributed by atoms with Crippen molar-refractivity contribution in [2.75, 3.05) is 26.4 Å². The van der Waals surface area contributed by atoms with E-state index in [0.29, 0.717) is 13.0 Å². The fraction of sp³-hybridized carbons (Fsp3) is 0.783. The molecule has 57 heavy (non-hydrogen) atoms. The molecule has 0 heterocycles. The van der Waals surface area contributed by atoms with Crippen LogP contribution >= 0.6 is 7.82 Å². The van der Waals surface area contributed by atoms with Crippen LogP contribution in [0.2, 0.25) is 0 Å². The highest BCUT2D eigenvalue weighted by Gasteiger charge is 2.27. The number of aliphatic carboxylic acids is 1. The summed E-state index contributed by atoms with van der Waals surface area (Å²) in [4.78, 5) is 33.6. The van der Waals surface area contributed by atoms with E-state index >= 15 is 0 Å². The molecule has 0 rings (SSSR count). The van der Waals surface area contributed by atoms with Gasteiger partial charge in [0.25, 0.3) is 0 Å². The van der Waals surface area contributed by atoms with Crippen LogP contribution in [-0.2, 0) is 32.7 Å². The number of unbranched alkanes of at least 4 members (excludes halogenated alkanes) is 21. The lowest BCUT2D eigenvalue weighted by Gasteiger charge is -2.20. The minimum Gasteiger partial charge on any atom is -0.480 e. The number of hydrogen-bond acceptors (Lipinski definition) is 8. The molecule has 0 aromatic rings. The summed E-state index contributed by atoms with van der Waals surface area (Å²) in [6.45, 7) is 3.74. The largest absolute Gasteiger partial charge is 0.480 e. The Hall–Kier alpha value is -2.07. The molecule has 0 aliphatic rings. The number of allylic oxidation sites excluding steroid dienone is 8. The number of esters is 1. The highest BCUT2D eigenvalue weighted by atomic mass is 31.2. The van der Waals surface area contributed by atoms with Gasteiger partial charge in [-0.3, -0.25) is 18.6 Å². The van der Waals surface area contributed by atoms with Crippen LogP contribution < -0.4 is 5.73 Å². The van der Waals surface area contributed by atoms with Crippen molar-refractivity contribution in [1.29, 1.82) is 0 Å². The summed E-state index contributed by atoms with van der Waals surface area (Å²) in [6, 6.07) is -1.48. The van der Waals surface area contributed by atoms with E-state index < -0.39 is 45.1 Å². The predicted octanol–water partition coefficient (Wildman–Crippen LogP) is 12.6. The molecule has 0 bridgehead atoms. The molecule has 0 saturated heterocycles. The number of carboxylic acids is 1. The second-order valence-electron chi connectivity index (χ2n) is 15.2. The molecule has 0 aliphatic carbocycles. The Morgan fingerprint density at radius 2 is 1.02 bits per heavy atom. The van der Waals surface area contributed by atoms with Crippen molar-refractivity contribution in [3.8, 4) is 0 Å². The van der Waals surface area contributed by atoms with Crippen LogP contribution in [0.1, 0.15) is 194 Å². The van der Waals surface area contributed by atoms with E-state index in [0.717, 1.165) is 77.0 Å². The molecule has 0 fully saturated rings. The molecule has 4 N–H and O–H groups in total. The van der Waals surface area contributed by atoms with Crippen LogP contribution in [0.4, 0.5) is 0 Å². The zero-order valence-electron chi connectivity index (χ0n) is 36.2. The summed E-state index contributed by atoms with van der Waals surface area (Å²) < 4.78 is 33.4. The van der Waals surface area contributed by atoms with Crippen molar-refractivity contribution in [3.05, 3.63) is 48.6 Å². The lowest BCUT2D eigenvalue weighted by Crippen LogP contribution is -2.34. The van der Waals surface area contributed by atoms with E-state index in [4.69, 9.17) is 29.4 Å². The van der Waals surface area contributed by atoms with E-state index in [1.807, 2.05) is 0 Å². The number of rotatable bonds is 43. The monoisotopic (exact) mass is 826 g/mol. The van der Waals surface area contributed by atoms with E-state index in [9.17, 15) is 19.0 Å². The van der Waals surface area contributed by atoms with E-state index in [1.54, 1.807) is 0 Å². The molecule has 3 atom stereocenters. The first-order valence-electron chi connectivity index (χ1n) is 22.7. The highest BCUT2D eigenvalue weighted by molar-refractivity contribution is 7.47. The first kappa shape index (κ1) is 54.9. The van der Waals surface area contributed by atoms with E-state index in [2.05, 4.69) is 62.5 Å². The van der Waals surface area contributed by atoms with Gasteiger partial charge in [-0.2, -0.15) is 0 Å². The molecule has 0 radical (unpaired) electrons. The molecule has 0 aliphatic heterocycles. The van der Waals surface area contributed by atoms with Gasteiger partial charge < -0.3 is 25.2 Å². The topological polar surface area (TPSA) is 155 Å². The van der Waals surface area contributed by atoms with Gasteiger partial charge in [-0.25, -0.2) is 4.57 Å². The van der Waals surface area contributed by atoms with Crippen LogP contribution in [0.3, 0.4) is 0 Å². The zero-order valence-corrected chi connectivity index (χ0v) is 37.1. The van der Waals surface area contributed by atoms with Crippen molar-refractivity contribution >= 4 is 19.8 Å². The maximum Gasteiger partial charge on any atom is 0.472 e. The number of carboxylic acid groups (broad SMARTS) is 1. The molecule has 0 spiro atoms. The molecule has 0 saturated carbocycles. The summed E-state index contributed by atoms with van der Waals surface area (Å²) in [5, 5.41) is 8.90. The summed E-state index contributed by atoms with van der Waals surface area (Å²) >= 11 is 0. The van der Waals surface area contributed by atoms with Crippen molar-refractivity contribution in [3.63, 3.8) is 0 Å². The second kappa shape index (κ2) is 42.1. The fourth-order valence-corrected chi connectivity index (χ4v) is 6.90. The van der Waals surface area contributed by atoms with Gasteiger partial charge >= 0.3 is 19.8 Å². The number of nitrogens with two attached hydrogens (primary N) is 1. The Labute approximate surface area is 348 Å². The van der Waals surface area contributed by atoms with Gasteiger partial charge in [0.15, 0.2) is 0 Å². The second-order valence-corrected chi connectivity index (χ2v) is 16.6. The maximum absolute atomic E-state index is 12.6. The third-order valence-corrected chi connectivity index (χ3v) is 10.6. The molecule has 0 amide bonds. The van der Waals surface area contributed by atoms with Crippen LogP contribution in [0, 0.1) is 0 Å². The number of phosphoric acid groups is 1. The van der Waals surface area contributed by atoms with Gasteiger partial charge in [-0.1, -0.05) is 184 Å². The highest BCUT2D eigenvalue weighted by Crippen LogP contribution is 2.43.